The Morgan fingerprint density at radius 3 is 2.63 bits per heavy atom. The summed E-state index contributed by atoms with van der Waals surface area (Å²) in [4.78, 5) is 14.0. The van der Waals surface area contributed by atoms with Crippen molar-refractivity contribution in [3.63, 3.8) is 0 Å². The number of H-pyrrole nitrogens is 1. The minimum absolute atomic E-state index is 0.0203. The second-order valence-corrected chi connectivity index (χ2v) is 4.00. The number of nitrogens with zero attached hydrogens (tertiary/aromatic N) is 2. The maximum absolute atomic E-state index is 13.8. The van der Waals surface area contributed by atoms with Gasteiger partial charge in [-0.1, -0.05) is 0 Å². The SMILES string of the molecule is Nc1cc(F)c(-n2ncc3c(=O)[nH]ccc32)c(F)c1. The van der Waals surface area contributed by atoms with Crippen molar-refractivity contribution in [2.24, 2.45) is 0 Å². The molecule has 3 N–H and O–H groups in total. The molecule has 1 aromatic carbocycles. The van der Waals surface area contributed by atoms with Crippen molar-refractivity contribution in [2.45, 2.75) is 0 Å². The lowest BCUT2D eigenvalue weighted by Gasteiger charge is -2.07. The highest BCUT2D eigenvalue weighted by Gasteiger charge is 2.16. The van der Waals surface area contributed by atoms with Crippen LogP contribution in [0.25, 0.3) is 16.6 Å². The van der Waals surface area contributed by atoms with Crippen molar-refractivity contribution >= 4 is 16.6 Å². The zero-order valence-corrected chi connectivity index (χ0v) is 9.52. The Morgan fingerprint density at radius 2 is 1.95 bits per heavy atom. The van der Waals surface area contributed by atoms with Gasteiger partial charge >= 0.3 is 0 Å². The molecule has 19 heavy (non-hydrogen) atoms. The molecule has 0 bridgehead atoms. The van der Waals surface area contributed by atoms with Crippen LogP contribution in [0.5, 0.6) is 0 Å². The summed E-state index contributed by atoms with van der Waals surface area (Å²) in [5.74, 6) is -1.69. The molecule has 2 aromatic heterocycles. The molecule has 0 spiro atoms. The lowest BCUT2D eigenvalue weighted by Crippen LogP contribution is -2.07. The summed E-state index contributed by atoms with van der Waals surface area (Å²) in [7, 11) is 0. The van der Waals surface area contributed by atoms with Crippen LogP contribution >= 0.6 is 0 Å². The molecule has 0 saturated carbocycles. The van der Waals surface area contributed by atoms with Crippen LogP contribution in [0, 0.1) is 11.6 Å². The number of hydrogen-bond acceptors (Lipinski definition) is 3. The fourth-order valence-electron chi connectivity index (χ4n) is 1.93. The van der Waals surface area contributed by atoms with Crippen LogP contribution in [0.3, 0.4) is 0 Å². The Labute approximate surface area is 105 Å². The minimum Gasteiger partial charge on any atom is -0.399 e. The van der Waals surface area contributed by atoms with Gasteiger partial charge in [0.2, 0.25) is 0 Å². The predicted octanol–water partition coefficient (Wildman–Crippen LogP) is 1.57. The number of nitrogens with two attached hydrogens (primary N) is 1. The lowest BCUT2D eigenvalue weighted by molar-refractivity contribution is 0.564. The van der Waals surface area contributed by atoms with Crippen molar-refractivity contribution < 1.29 is 8.78 Å². The van der Waals surface area contributed by atoms with Crippen molar-refractivity contribution in [3.8, 4) is 5.69 Å². The molecule has 0 amide bonds. The number of rotatable bonds is 1. The molecular formula is C12H8F2N4O. The van der Waals surface area contributed by atoms with Crippen LogP contribution in [0.4, 0.5) is 14.5 Å². The molecule has 0 fully saturated rings. The van der Waals surface area contributed by atoms with Gasteiger partial charge in [-0.15, -0.1) is 0 Å². The summed E-state index contributed by atoms with van der Waals surface area (Å²) in [6, 6.07) is 3.51. The fraction of sp³-hybridized carbons (Fsp3) is 0. The molecule has 0 aliphatic carbocycles. The van der Waals surface area contributed by atoms with Crippen LogP contribution in [-0.4, -0.2) is 14.8 Å². The Hall–Kier alpha value is -2.70. The highest BCUT2D eigenvalue weighted by atomic mass is 19.1. The molecule has 0 aliphatic rings. The van der Waals surface area contributed by atoms with Crippen molar-refractivity contribution in [2.75, 3.05) is 5.73 Å². The number of aromatic nitrogens is 3. The molecule has 0 radical (unpaired) electrons. The number of pyridine rings is 1. The molecule has 0 aliphatic heterocycles. The normalized spacial score (nSPS) is 11.1. The smallest absolute Gasteiger partial charge is 0.259 e. The molecule has 0 atom stereocenters. The highest BCUT2D eigenvalue weighted by Crippen LogP contribution is 2.23. The van der Waals surface area contributed by atoms with E-state index in [0.717, 1.165) is 16.8 Å². The highest BCUT2D eigenvalue weighted by molar-refractivity contribution is 5.79. The van der Waals surface area contributed by atoms with Gasteiger partial charge < -0.3 is 10.7 Å². The number of aromatic amines is 1. The topological polar surface area (TPSA) is 76.7 Å². The first-order chi connectivity index (χ1) is 9.08. The quantitative estimate of drug-likeness (QED) is 0.653. The average Bonchev–Trinajstić information content (AvgIpc) is 2.73. The number of nitrogen functional groups attached to an aromatic ring is 1. The second-order valence-electron chi connectivity index (χ2n) is 4.00. The molecule has 3 aromatic rings. The number of hydrogen-bond donors (Lipinski definition) is 2. The van der Waals surface area contributed by atoms with E-state index in [4.69, 9.17) is 5.73 Å². The van der Waals surface area contributed by atoms with Gasteiger partial charge in [0.15, 0.2) is 11.6 Å². The third-order valence-electron chi connectivity index (χ3n) is 2.76. The van der Waals surface area contributed by atoms with E-state index < -0.39 is 11.6 Å². The van der Waals surface area contributed by atoms with Gasteiger partial charge in [-0.3, -0.25) is 4.79 Å². The number of nitrogens with one attached hydrogen (secondary N) is 1. The maximum Gasteiger partial charge on any atom is 0.259 e. The van der Waals surface area contributed by atoms with E-state index in [1.165, 1.54) is 18.5 Å². The molecule has 5 nitrogen and oxygen atoms in total. The van der Waals surface area contributed by atoms with Gasteiger partial charge in [-0.05, 0) is 18.2 Å². The van der Waals surface area contributed by atoms with E-state index in [-0.39, 0.29) is 22.3 Å². The summed E-state index contributed by atoms with van der Waals surface area (Å²) >= 11 is 0. The van der Waals surface area contributed by atoms with E-state index in [2.05, 4.69) is 10.1 Å². The van der Waals surface area contributed by atoms with Crippen LogP contribution in [0.1, 0.15) is 0 Å². The standard InChI is InChI=1S/C12H8F2N4O/c13-8-3-6(15)4-9(14)11(8)18-10-1-2-16-12(19)7(10)5-17-18/h1-5H,15H2,(H,16,19). The van der Waals surface area contributed by atoms with Crippen LogP contribution in [0.2, 0.25) is 0 Å². The van der Waals surface area contributed by atoms with Crippen molar-refractivity contribution in [1.82, 2.24) is 14.8 Å². The number of halogens is 2. The molecule has 7 heteroatoms. The first-order valence-corrected chi connectivity index (χ1v) is 5.38. The number of fused-ring (bicyclic) bond motifs is 1. The first-order valence-electron chi connectivity index (χ1n) is 5.38. The molecule has 0 unspecified atom stereocenters. The monoisotopic (exact) mass is 262 g/mol. The van der Waals surface area contributed by atoms with Crippen molar-refractivity contribution in [1.29, 1.82) is 0 Å². The zero-order chi connectivity index (χ0) is 13.6. The molecular weight excluding hydrogens is 254 g/mol. The van der Waals surface area contributed by atoms with E-state index in [0.29, 0.717) is 5.52 Å². The van der Waals surface area contributed by atoms with Crippen molar-refractivity contribution in [3.05, 3.63) is 52.6 Å². The lowest BCUT2D eigenvalue weighted by atomic mass is 10.2. The van der Waals surface area contributed by atoms with Crippen LogP contribution in [0.15, 0.2) is 35.4 Å². The summed E-state index contributed by atoms with van der Waals surface area (Å²) < 4.78 is 28.7. The van der Waals surface area contributed by atoms with Crippen LogP contribution < -0.4 is 11.3 Å². The molecule has 2 heterocycles. The van der Waals surface area contributed by atoms with Crippen LogP contribution in [-0.2, 0) is 0 Å². The Bertz CT molecular complexity index is 814. The van der Waals surface area contributed by atoms with E-state index >= 15 is 0 Å². The van der Waals surface area contributed by atoms with Gasteiger partial charge in [0.1, 0.15) is 5.69 Å². The molecule has 0 saturated heterocycles. The Morgan fingerprint density at radius 1 is 1.26 bits per heavy atom. The molecule has 96 valence electrons. The summed E-state index contributed by atoms with van der Waals surface area (Å²) in [5.41, 5.74) is 4.90. The fourth-order valence-corrected chi connectivity index (χ4v) is 1.93. The van der Waals surface area contributed by atoms with Gasteiger partial charge in [0, 0.05) is 11.9 Å². The van der Waals surface area contributed by atoms with Gasteiger partial charge in [-0.2, -0.15) is 5.10 Å². The Balaban J connectivity index is 2.38. The molecule has 3 rings (SSSR count). The average molecular weight is 262 g/mol. The van der Waals surface area contributed by atoms with Gasteiger partial charge in [0.25, 0.3) is 5.56 Å². The third kappa shape index (κ3) is 1.67. The maximum atomic E-state index is 13.8. The number of benzene rings is 1. The largest absolute Gasteiger partial charge is 0.399 e. The third-order valence-corrected chi connectivity index (χ3v) is 2.76. The van der Waals surface area contributed by atoms with Gasteiger partial charge in [0.05, 0.1) is 17.1 Å². The minimum atomic E-state index is -0.845. The van der Waals surface area contributed by atoms with E-state index in [1.54, 1.807) is 0 Å². The summed E-state index contributed by atoms with van der Waals surface area (Å²) in [6.45, 7) is 0. The van der Waals surface area contributed by atoms with E-state index in [1.807, 2.05) is 0 Å². The van der Waals surface area contributed by atoms with E-state index in [9.17, 15) is 13.6 Å². The first kappa shape index (κ1) is 11.4. The number of anilines is 1. The second kappa shape index (κ2) is 3.91. The predicted molar refractivity (Wildman–Crippen MR) is 66.0 cm³/mol. The van der Waals surface area contributed by atoms with Gasteiger partial charge in [-0.25, -0.2) is 13.5 Å². The zero-order valence-electron chi connectivity index (χ0n) is 9.52. The Kier molecular flexibility index (Phi) is 2.34. The summed E-state index contributed by atoms with van der Waals surface area (Å²) in [5, 5.41) is 4.10. The summed E-state index contributed by atoms with van der Waals surface area (Å²) in [6.07, 6.45) is 2.64.